The van der Waals surface area contributed by atoms with E-state index >= 15 is 0 Å². The molecule has 0 unspecified atom stereocenters. The van der Waals surface area contributed by atoms with Gasteiger partial charge in [-0.05, 0) is 36.1 Å². The van der Waals surface area contributed by atoms with Crippen LogP contribution < -0.4 is 5.32 Å². The lowest BCUT2D eigenvalue weighted by Gasteiger charge is -2.24. The average Bonchev–Trinajstić information content (AvgIpc) is 2.62. The third-order valence-corrected chi connectivity index (χ3v) is 3.99. The predicted octanol–water partition coefficient (Wildman–Crippen LogP) is 2.84. The molecule has 0 saturated carbocycles. The molecule has 0 radical (unpaired) electrons. The van der Waals surface area contributed by atoms with Gasteiger partial charge in [0.2, 0.25) is 11.8 Å². The zero-order valence-electron chi connectivity index (χ0n) is 14.9. The Bertz CT molecular complexity index is 701. The summed E-state index contributed by atoms with van der Waals surface area (Å²) in [5.41, 5.74) is 3.20. The molecule has 0 aliphatic carbocycles. The van der Waals surface area contributed by atoms with Crippen LogP contribution in [-0.2, 0) is 22.7 Å². The lowest BCUT2D eigenvalue weighted by molar-refractivity contribution is -0.133. The smallest absolute Gasteiger partial charge is 0.242 e. The maximum atomic E-state index is 12.7. The normalized spacial score (nSPS) is 10.3. The molecule has 2 amide bonds. The fourth-order valence-electron chi connectivity index (χ4n) is 2.54. The number of amides is 2. The highest BCUT2D eigenvalue weighted by Gasteiger charge is 2.16. The summed E-state index contributed by atoms with van der Waals surface area (Å²) in [6.07, 6.45) is 4.67. The van der Waals surface area contributed by atoms with Gasteiger partial charge in [-0.1, -0.05) is 37.3 Å². The van der Waals surface area contributed by atoms with Gasteiger partial charge in [0, 0.05) is 31.9 Å². The average molecular weight is 339 g/mol. The Hall–Kier alpha value is -2.69. The van der Waals surface area contributed by atoms with Crippen LogP contribution in [0.25, 0.3) is 0 Å². The number of nitrogens with zero attached hydrogens (tertiary/aromatic N) is 2. The van der Waals surface area contributed by atoms with Crippen molar-refractivity contribution in [3.63, 3.8) is 0 Å². The summed E-state index contributed by atoms with van der Waals surface area (Å²) < 4.78 is 0. The largest absolute Gasteiger partial charge is 0.347 e. The van der Waals surface area contributed by atoms with Crippen molar-refractivity contribution >= 4 is 11.8 Å². The number of carbonyl (C=O) groups excluding carboxylic acids is 2. The third kappa shape index (κ3) is 6.03. The number of aryl methyl sites for hydroxylation is 1. The third-order valence-electron chi connectivity index (χ3n) is 3.99. The monoisotopic (exact) mass is 339 g/mol. The molecule has 0 aliphatic heterocycles. The maximum Gasteiger partial charge on any atom is 0.242 e. The molecule has 0 atom stereocenters. The number of hydrogen-bond acceptors (Lipinski definition) is 3. The Labute approximate surface area is 149 Å². The van der Waals surface area contributed by atoms with Gasteiger partial charge in [-0.3, -0.25) is 14.6 Å². The second-order valence-electron chi connectivity index (χ2n) is 6.06. The summed E-state index contributed by atoms with van der Waals surface area (Å²) in [5, 5.41) is 2.70. The number of rotatable bonds is 8. The van der Waals surface area contributed by atoms with Gasteiger partial charge >= 0.3 is 0 Å². The SMILES string of the molecule is CCCC(=O)NCC(=O)N(Cc1cccnc1)Cc1ccccc1C. The van der Waals surface area contributed by atoms with Crippen molar-refractivity contribution in [2.24, 2.45) is 0 Å². The van der Waals surface area contributed by atoms with Crippen LogP contribution in [0, 0.1) is 6.92 Å². The van der Waals surface area contributed by atoms with E-state index in [4.69, 9.17) is 0 Å². The number of hydrogen-bond donors (Lipinski definition) is 1. The minimum atomic E-state index is -0.100. The first-order valence-corrected chi connectivity index (χ1v) is 8.58. The van der Waals surface area contributed by atoms with Gasteiger partial charge in [-0.15, -0.1) is 0 Å². The van der Waals surface area contributed by atoms with Crippen LogP contribution in [0.1, 0.15) is 36.5 Å². The van der Waals surface area contributed by atoms with Crippen molar-refractivity contribution in [1.29, 1.82) is 0 Å². The van der Waals surface area contributed by atoms with Gasteiger partial charge in [0.1, 0.15) is 0 Å². The number of nitrogens with one attached hydrogen (secondary N) is 1. The quantitative estimate of drug-likeness (QED) is 0.804. The van der Waals surface area contributed by atoms with E-state index in [0.717, 1.165) is 23.1 Å². The first kappa shape index (κ1) is 18.6. The van der Waals surface area contributed by atoms with Crippen LogP contribution in [0.15, 0.2) is 48.8 Å². The summed E-state index contributed by atoms with van der Waals surface area (Å²) in [6.45, 7) is 4.96. The van der Waals surface area contributed by atoms with E-state index in [0.29, 0.717) is 19.5 Å². The Balaban J connectivity index is 2.09. The van der Waals surface area contributed by atoms with Gasteiger partial charge < -0.3 is 10.2 Å². The summed E-state index contributed by atoms with van der Waals surface area (Å²) in [4.78, 5) is 30.2. The molecule has 2 rings (SSSR count). The molecule has 25 heavy (non-hydrogen) atoms. The van der Waals surface area contributed by atoms with Crippen molar-refractivity contribution in [2.45, 2.75) is 39.8 Å². The minimum Gasteiger partial charge on any atom is -0.347 e. The van der Waals surface area contributed by atoms with Crippen LogP contribution in [0.2, 0.25) is 0 Å². The van der Waals surface area contributed by atoms with E-state index in [2.05, 4.69) is 10.3 Å². The molecule has 1 aromatic carbocycles. The second kappa shape index (κ2) is 9.57. The number of carbonyl (C=O) groups is 2. The lowest BCUT2D eigenvalue weighted by Crippen LogP contribution is -2.39. The molecular weight excluding hydrogens is 314 g/mol. The van der Waals surface area contributed by atoms with Crippen LogP contribution in [-0.4, -0.2) is 28.2 Å². The van der Waals surface area contributed by atoms with Gasteiger partial charge in [0.05, 0.1) is 6.54 Å². The van der Waals surface area contributed by atoms with Crippen LogP contribution in [0.3, 0.4) is 0 Å². The Morgan fingerprint density at radius 1 is 1.12 bits per heavy atom. The molecule has 132 valence electrons. The first-order valence-electron chi connectivity index (χ1n) is 8.58. The van der Waals surface area contributed by atoms with Crippen molar-refractivity contribution in [2.75, 3.05) is 6.54 Å². The lowest BCUT2D eigenvalue weighted by atomic mass is 10.1. The van der Waals surface area contributed by atoms with Crippen LogP contribution in [0.4, 0.5) is 0 Å². The molecule has 2 aromatic rings. The molecule has 1 heterocycles. The topological polar surface area (TPSA) is 62.3 Å². The number of pyridine rings is 1. The minimum absolute atomic E-state index is 0.0188. The van der Waals surface area contributed by atoms with E-state index in [1.165, 1.54) is 0 Å². The number of aromatic nitrogens is 1. The highest BCUT2D eigenvalue weighted by atomic mass is 16.2. The fourth-order valence-corrected chi connectivity index (χ4v) is 2.54. The summed E-state index contributed by atoms with van der Waals surface area (Å²) in [6, 6.07) is 11.8. The highest BCUT2D eigenvalue weighted by Crippen LogP contribution is 2.13. The maximum absolute atomic E-state index is 12.7. The molecule has 0 spiro atoms. The zero-order valence-corrected chi connectivity index (χ0v) is 14.9. The molecule has 5 nitrogen and oxygen atoms in total. The summed E-state index contributed by atoms with van der Waals surface area (Å²) in [7, 11) is 0. The van der Waals surface area contributed by atoms with Crippen LogP contribution in [0.5, 0.6) is 0 Å². The fraction of sp³-hybridized carbons (Fsp3) is 0.350. The van der Waals surface area contributed by atoms with Crippen molar-refractivity contribution in [3.05, 3.63) is 65.5 Å². The van der Waals surface area contributed by atoms with Crippen LogP contribution >= 0.6 is 0 Å². The van der Waals surface area contributed by atoms with Gasteiger partial charge in [0.15, 0.2) is 0 Å². The molecular formula is C20H25N3O2. The van der Waals surface area contributed by atoms with E-state index < -0.39 is 0 Å². The molecule has 0 bridgehead atoms. The molecule has 0 fully saturated rings. The van der Waals surface area contributed by atoms with E-state index in [-0.39, 0.29) is 18.4 Å². The molecule has 1 N–H and O–H groups in total. The van der Waals surface area contributed by atoms with E-state index in [9.17, 15) is 9.59 Å². The Kier molecular flexibility index (Phi) is 7.14. The first-order chi connectivity index (χ1) is 12.1. The van der Waals surface area contributed by atoms with E-state index in [1.807, 2.05) is 50.2 Å². The Morgan fingerprint density at radius 2 is 1.92 bits per heavy atom. The predicted molar refractivity (Wildman–Crippen MR) is 97.6 cm³/mol. The molecule has 0 saturated heterocycles. The van der Waals surface area contributed by atoms with Gasteiger partial charge in [-0.25, -0.2) is 0 Å². The second-order valence-corrected chi connectivity index (χ2v) is 6.06. The summed E-state index contributed by atoms with van der Waals surface area (Å²) in [5.74, 6) is -0.190. The van der Waals surface area contributed by atoms with E-state index in [1.54, 1.807) is 17.3 Å². The van der Waals surface area contributed by atoms with Gasteiger partial charge in [-0.2, -0.15) is 0 Å². The highest BCUT2D eigenvalue weighted by molar-refractivity contribution is 5.84. The standard InChI is InChI=1S/C20H25N3O2/c1-3-7-19(24)22-13-20(25)23(14-17-9-6-11-21-12-17)15-18-10-5-4-8-16(18)2/h4-6,8-12H,3,7,13-15H2,1-2H3,(H,22,24). The Morgan fingerprint density at radius 3 is 2.60 bits per heavy atom. The molecule has 1 aromatic heterocycles. The van der Waals surface area contributed by atoms with Crippen molar-refractivity contribution < 1.29 is 9.59 Å². The number of benzene rings is 1. The van der Waals surface area contributed by atoms with Gasteiger partial charge in [0.25, 0.3) is 0 Å². The van der Waals surface area contributed by atoms with Crippen molar-refractivity contribution in [3.8, 4) is 0 Å². The summed E-state index contributed by atoms with van der Waals surface area (Å²) >= 11 is 0. The zero-order chi connectivity index (χ0) is 18.1. The van der Waals surface area contributed by atoms with Crippen molar-refractivity contribution in [1.82, 2.24) is 15.2 Å². The molecule has 5 heteroatoms. The molecule has 0 aliphatic rings.